The number of ketones is 1. The van der Waals surface area contributed by atoms with Gasteiger partial charge in [0.25, 0.3) is 5.78 Å². The highest BCUT2D eigenvalue weighted by Crippen LogP contribution is 2.48. The summed E-state index contributed by atoms with van der Waals surface area (Å²) in [5.41, 5.74) is 2.59. The van der Waals surface area contributed by atoms with Gasteiger partial charge in [0.2, 0.25) is 5.75 Å². The summed E-state index contributed by atoms with van der Waals surface area (Å²) in [6.07, 6.45) is 0. The number of nitrogens with zero attached hydrogens (tertiary/aromatic N) is 2. The molecule has 1 aliphatic heterocycles. The number of aliphatic hydroxyl groups excluding tert-OH is 1. The number of carbonyl (C=O) groups is 3. The van der Waals surface area contributed by atoms with E-state index in [2.05, 4.69) is 4.98 Å². The monoisotopic (exact) mass is 566 g/mol. The molecule has 1 amide bonds. The van der Waals surface area contributed by atoms with Gasteiger partial charge >= 0.3 is 11.9 Å². The predicted octanol–water partition coefficient (Wildman–Crippen LogP) is 4.90. The van der Waals surface area contributed by atoms with E-state index < -0.39 is 23.7 Å². The zero-order valence-corrected chi connectivity index (χ0v) is 24.1. The number of rotatable bonds is 8. The van der Waals surface area contributed by atoms with Crippen LogP contribution in [-0.2, 0) is 14.3 Å². The molecule has 0 bridgehead atoms. The smallest absolute Gasteiger partial charge is 0.350 e. The minimum absolute atomic E-state index is 0.0985. The minimum Gasteiger partial charge on any atom is -0.507 e. The number of benzene rings is 2. The summed E-state index contributed by atoms with van der Waals surface area (Å²) >= 11 is 0.928. The van der Waals surface area contributed by atoms with Gasteiger partial charge in [-0.3, -0.25) is 14.5 Å². The summed E-state index contributed by atoms with van der Waals surface area (Å²) in [4.78, 5) is 45.6. The third-order valence-corrected chi connectivity index (χ3v) is 7.68. The zero-order chi connectivity index (χ0) is 29.3. The fourth-order valence-electron chi connectivity index (χ4n) is 4.61. The lowest BCUT2D eigenvalue weighted by atomic mass is 9.93. The molecule has 210 valence electrons. The van der Waals surface area contributed by atoms with Crippen molar-refractivity contribution >= 4 is 39.9 Å². The SMILES string of the molecule is CCOC(=O)c1sc(N2C(=O)C(=O)C(=C(O)c3cc(C)ccc3C)C2c2cc(OC)c(OC)c(OC)c2)nc1C. The Labute approximate surface area is 235 Å². The number of hydrogen-bond acceptors (Lipinski definition) is 10. The van der Waals surface area contributed by atoms with Crippen molar-refractivity contribution in [2.45, 2.75) is 33.7 Å². The molecule has 2 heterocycles. The molecule has 1 aliphatic rings. The van der Waals surface area contributed by atoms with Crippen LogP contribution in [-0.4, -0.2) is 55.7 Å². The second-order valence-corrected chi connectivity index (χ2v) is 10.1. The molecule has 0 spiro atoms. The summed E-state index contributed by atoms with van der Waals surface area (Å²) < 4.78 is 21.6. The molecule has 11 heteroatoms. The number of methoxy groups -OCH3 is 3. The van der Waals surface area contributed by atoms with E-state index in [1.807, 2.05) is 19.1 Å². The van der Waals surface area contributed by atoms with Crippen LogP contribution >= 0.6 is 11.3 Å². The van der Waals surface area contributed by atoms with Gasteiger partial charge < -0.3 is 24.1 Å². The molecule has 1 unspecified atom stereocenters. The number of Topliss-reactive ketones (excluding diaryl/α,β-unsaturated/α-hetero) is 1. The van der Waals surface area contributed by atoms with E-state index in [1.54, 1.807) is 39.0 Å². The number of carbonyl (C=O) groups excluding carboxylic acids is 3. The van der Waals surface area contributed by atoms with Crippen LogP contribution in [0.1, 0.15) is 50.6 Å². The van der Waals surface area contributed by atoms with Gasteiger partial charge in [0, 0.05) is 5.56 Å². The zero-order valence-electron chi connectivity index (χ0n) is 23.3. The molecule has 4 rings (SSSR count). The molecule has 0 radical (unpaired) electrons. The Kier molecular flexibility index (Phi) is 8.15. The molecule has 1 aromatic heterocycles. The highest BCUT2D eigenvalue weighted by atomic mass is 32.1. The Morgan fingerprint density at radius 2 is 1.68 bits per heavy atom. The average Bonchev–Trinajstić information content (AvgIpc) is 3.45. The lowest BCUT2D eigenvalue weighted by Gasteiger charge is -2.25. The number of aromatic nitrogens is 1. The summed E-state index contributed by atoms with van der Waals surface area (Å²) in [5, 5.41) is 11.7. The maximum absolute atomic E-state index is 13.6. The molecule has 10 nitrogen and oxygen atoms in total. The van der Waals surface area contributed by atoms with Gasteiger partial charge in [0.15, 0.2) is 16.6 Å². The number of ether oxygens (including phenoxy) is 4. The fourth-order valence-corrected chi connectivity index (χ4v) is 5.60. The Hall–Kier alpha value is -4.38. The van der Waals surface area contributed by atoms with E-state index in [0.29, 0.717) is 28.1 Å². The lowest BCUT2D eigenvalue weighted by molar-refractivity contribution is -0.132. The number of aryl methyl sites for hydroxylation is 3. The molecule has 0 saturated carbocycles. The minimum atomic E-state index is -1.13. The first-order valence-electron chi connectivity index (χ1n) is 12.4. The quantitative estimate of drug-likeness (QED) is 0.175. The first-order chi connectivity index (χ1) is 19.1. The highest BCUT2D eigenvalue weighted by Gasteiger charge is 2.49. The third kappa shape index (κ3) is 4.88. The standard InChI is InChI=1S/C29H30N2O8S/c1-8-39-28(35)26-16(4)30-29(40-26)31-22(17-12-19(36-5)25(38-7)20(13-17)37-6)21(24(33)27(31)34)23(32)18-11-14(2)9-10-15(18)3/h9-13,22,32H,8H2,1-7H3. The molecule has 1 fully saturated rings. The Balaban J connectivity index is 2.03. The molecule has 40 heavy (non-hydrogen) atoms. The van der Waals surface area contributed by atoms with Crippen LogP contribution in [0.2, 0.25) is 0 Å². The summed E-state index contributed by atoms with van der Waals surface area (Å²) in [7, 11) is 4.36. The van der Waals surface area contributed by atoms with Crippen LogP contribution in [0.4, 0.5) is 5.13 Å². The third-order valence-electron chi connectivity index (χ3n) is 6.55. The molecule has 3 aromatic rings. The number of esters is 1. The van der Waals surface area contributed by atoms with Crippen molar-refractivity contribution in [3.8, 4) is 17.2 Å². The summed E-state index contributed by atoms with van der Waals surface area (Å²) in [5.74, 6) is -1.83. The number of hydrogen-bond donors (Lipinski definition) is 1. The van der Waals surface area contributed by atoms with E-state index >= 15 is 0 Å². The number of aliphatic hydroxyl groups is 1. The largest absolute Gasteiger partial charge is 0.507 e. The molecular weight excluding hydrogens is 536 g/mol. The van der Waals surface area contributed by atoms with Crippen LogP contribution in [0.5, 0.6) is 17.2 Å². The number of thiazole rings is 1. The molecule has 0 aliphatic carbocycles. The van der Waals surface area contributed by atoms with E-state index in [4.69, 9.17) is 18.9 Å². The van der Waals surface area contributed by atoms with E-state index in [1.165, 1.54) is 26.2 Å². The van der Waals surface area contributed by atoms with Crippen molar-refractivity contribution in [3.63, 3.8) is 0 Å². The molecular formula is C29H30N2O8S. The van der Waals surface area contributed by atoms with Crippen LogP contribution in [0, 0.1) is 20.8 Å². The molecule has 1 N–H and O–H groups in total. The van der Waals surface area contributed by atoms with Crippen LogP contribution < -0.4 is 19.1 Å². The second kappa shape index (κ2) is 11.4. The van der Waals surface area contributed by atoms with Crippen molar-refractivity contribution in [3.05, 3.63) is 68.7 Å². The summed E-state index contributed by atoms with van der Waals surface area (Å²) in [6, 6.07) is 7.54. The van der Waals surface area contributed by atoms with Crippen molar-refractivity contribution in [2.75, 3.05) is 32.8 Å². The van der Waals surface area contributed by atoms with Crippen LogP contribution in [0.15, 0.2) is 35.9 Å². The highest BCUT2D eigenvalue weighted by molar-refractivity contribution is 7.17. The maximum Gasteiger partial charge on any atom is 0.350 e. The summed E-state index contributed by atoms with van der Waals surface area (Å²) in [6.45, 7) is 7.13. The molecule has 1 saturated heterocycles. The first-order valence-corrected chi connectivity index (χ1v) is 13.2. The Bertz CT molecular complexity index is 1520. The van der Waals surface area contributed by atoms with Gasteiger partial charge in [-0.05, 0) is 57.0 Å². The van der Waals surface area contributed by atoms with Gasteiger partial charge in [0.1, 0.15) is 10.6 Å². The number of anilines is 1. The van der Waals surface area contributed by atoms with E-state index in [9.17, 15) is 19.5 Å². The van der Waals surface area contributed by atoms with Crippen molar-refractivity contribution < 1.29 is 38.4 Å². The van der Waals surface area contributed by atoms with Crippen molar-refractivity contribution in [1.82, 2.24) is 4.98 Å². The molecule has 2 aromatic carbocycles. The average molecular weight is 567 g/mol. The second-order valence-electron chi connectivity index (χ2n) is 9.08. The van der Waals surface area contributed by atoms with Gasteiger partial charge in [-0.1, -0.05) is 29.0 Å². The van der Waals surface area contributed by atoms with Gasteiger partial charge in [0.05, 0.1) is 45.2 Å². The molecule has 1 atom stereocenters. The van der Waals surface area contributed by atoms with Gasteiger partial charge in [-0.25, -0.2) is 9.78 Å². The fraction of sp³-hybridized carbons (Fsp3) is 0.310. The van der Waals surface area contributed by atoms with E-state index in [0.717, 1.165) is 16.9 Å². The normalized spacial score (nSPS) is 16.3. The van der Waals surface area contributed by atoms with Crippen LogP contribution in [0.3, 0.4) is 0 Å². The maximum atomic E-state index is 13.6. The lowest BCUT2D eigenvalue weighted by Crippen LogP contribution is -2.29. The van der Waals surface area contributed by atoms with Gasteiger partial charge in [-0.2, -0.15) is 0 Å². The predicted molar refractivity (Wildman–Crippen MR) is 150 cm³/mol. The van der Waals surface area contributed by atoms with Crippen molar-refractivity contribution in [2.24, 2.45) is 0 Å². The number of amides is 1. The first kappa shape index (κ1) is 28.6. The topological polar surface area (TPSA) is 124 Å². The van der Waals surface area contributed by atoms with E-state index in [-0.39, 0.29) is 39.4 Å². The van der Waals surface area contributed by atoms with Crippen molar-refractivity contribution in [1.29, 1.82) is 0 Å². The van der Waals surface area contributed by atoms with Crippen LogP contribution in [0.25, 0.3) is 5.76 Å². The Morgan fingerprint density at radius 3 is 2.25 bits per heavy atom. The van der Waals surface area contributed by atoms with Gasteiger partial charge in [-0.15, -0.1) is 0 Å². The Morgan fingerprint density at radius 1 is 1.02 bits per heavy atom.